The van der Waals surface area contributed by atoms with Crippen molar-refractivity contribution in [3.8, 4) is 0 Å². The Kier molecular flexibility index (Phi) is 3.63. The lowest BCUT2D eigenvalue weighted by Crippen LogP contribution is -2.31. The first-order chi connectivity index (χ1) is 6.52. The predicted molar refractivity (Wildman–Crippen MR) is 58.2 cm³/mol. The molecule has 1 aromatic carbocycles. The van der Waals surface area contributed by atoms with Crippen LogP contribution >= 0.6 is 15.9 Å². The van der Waals surface area contributed by atoms with Crippen LogP contribution < -0.4 is 4.90 Å². The molecule has 4 heteroatoms. The number of hydrogen-bond donors (Lipinski definition) is 0. The molecule has 1 atom stereocenters. The van der Waals surface area contributed by atoms with Crippen molar-refractivity contribution >= 4 is 27.5 Å². The minimum atomic E-state index is -0.343. The second-order valence-corrected chi connectivity index (χ2v) is 4.37. The summed E-state index contributed by atoms with van der Waals surface area (Å²) in [5, 5.41) is 0. The van der Waals surface area contributed by atoms with Gasteiger partial charge in [-0.05, 0) is 25.1 Å². The number of carbonyl (C=O) groups excluding carboxylic acids is 1. The molecule has 0 aliphatic carbocycles. The highest BCUT2D eigenvalue weighted by atomic mass is 79.9. The number of hydrogen-bond acceptors (Lipinski definition) is 1. The molecule has 76 valence electrons. The van der Waals surface area contributed by atoms with Gasteiger partial charge in [0.2, 0.25) is 5.91 Å². The average Bonchev–Trinajstić information content (AvgIpc) is 2.15. The van der Waals surface area contributed by atoms with Crippen LogP contribution in [0.15, 0.2) is 24.3 Å². The molecule has 0 bridgehead atoms. The van der Waals surface area contributed by atoms with E-state index < -0.39 is 0 Å². The van der Waals surface area contributed by atoms with Crippen molar-refractivity contribution in [3.63, 3.8) is 0 Å². The van der Waals surface area contributed by atoms with Crippen molar-refractivity contribution in [1.82, 2.24) is 0 Å². The second kappa shape index (κ2) is 4.55. The molecular weight excluding hydrogens is 249 g/mol. The normalized spacial score (nSPS) is 12.3. The molecule has 0 aliphatic heterocycles. The zero-order chi connectivity index (χ0) is 10.7. The summed E-state index contributed by atoms with van der Waals surface area (Å²) in [6.45, 7) is 1.73. The fraction of sp³-hybridized carbons (Fsp3) is 0.300. The van der Waals surface area contributed by atoms with E-state index in [1.54, 1.807) is 26.1 Å². The Morgan fingerprint density at radius 2 is 2.21 bits per heavy atom. The standard InChI is InChI=1S/C10H11BrFNO/c1-7(11)10(14)13(2)9-5-3-4-8(12)6-9/h3-7H,1-2H3. The molecule has 0 aliphatic rings. The fourth-order valence-corrected chi connectivity index (χ4v) is 1.39. The van der Waals surface area contributed by atoms with Gasteiger partial charge in [0.25, 0.3) is 0 Å². The van der Waals surface area contributed by atoms with Gasteiger partial charge >= 0.3 is 0 Å². The largest absolute Gasteiger partial charge is 0.314 e. The van der Waals surface area contributed by atoms with Gasteiger partial charge in [-0.25, -0.2) is 4.39 Å². The van der Waals surface area contributed by atoms with Crippen LogP contribution in [0.2, 0.25) is 0 Å². The van der Waals surface area contributed by atoms with Crippen LogP contribution in [0.5, 0.6) is 0 Å². The minimum absolute atomic E-state index is 0.101. The van der Waals surface area contributed by atoms with Gasteiger partial charge in [-0.1, -0.05) is 22.0 Å². The third kappa shape index (κ3) is 2.54. The van der Waals surface area contributed by atoms with Gasteiger partial charge in [-0.3, -0.25) is 4.79 Å². The Labute approximate surface area is 90.8 Å². The van der Waals surface area contributed by atoms with Crippen molar-refractivity contribution in [2.45, 2.75) is 11.8 Å². The Balaban J connectivity index is 2.89. The highest BCUT2D eigenvalue weighted by Crippen LogP contribution is 2.16. The van der Waals surface area contributed by atoms with E-state index in [4.69, 9.17) is 0 Å². The number of alkyl halides is 1. The summed E-state index contributed by atoms with van der Waals surface area (Å²) in [5.41, 5.74) is 0.557. The van der Waals surface area contributed by atoms with Gasteiger partial charge in [-0.15, -0.1) is 0 Å². The third-order valence-electron chi connectivity index (χ3n) is 1.87. The van der Waals surface area contributed by atoms with Gasteiger partial charge < -0.3 is 4.90 Å². The molecule has 14 heavy (non-hydrogen) atoms. The smallest absolute Gasteiger partial charge is 0.240 e. The lowest BCUT2D eigenvalue weighted by molar-refractivity contribution is -0.117. The summed E-state index contributed by atoms with van der Waals surface area (Å²) < 4.78 is 12.8. The van der Waals surface area contributed by atoms with Gasteiger partial charge in [0.15, 0.2) is 0 Å². The van der Waals surface area contributed by atoms with Crippen LogP contribution in [0.3, 0.4) is 0 Å². The first-order valence-electron chi connectivity index (χ1n) is 4.19. The van der Waals surface area contributed by atoms with Crippen LogP contribution in [0.4, 0.5) is 10.1 Å². The molecule has 0 radical (unpaired) electrons. The second-order valence-electron chi connectivity index (χ2n) is 2.99. The molecule has 1 amide bonds. The van der Waals surface area contributed by atoms with Crippen molar-refractivity contribution in [2.24, 2.45) is 0 Å². The molecule has 1 unspecified atom stereocenters. The number of nitrogens with zero attached hydrogens (tertiary/aromatic N) is 1. The highest BCUT2D eigenvalue weighted by molar-refractivity contribution is 9.10. The first kappa shape index (κ1) is 11.2. The zero-order valence-electron chi connectivity index (χ0n) is 8.00. The predicted octanol–water partition coefficient (Wildman–Crippen LogP) is 2.57. The van der Waals surface area contributed by atoms with Gasteiger partial charge in [0.05, 0.1) is 4.83 Å². The van der Waals surface area contributed by atoms with E-state index in [0.717, 1.165) is 0 Å². The first-order valence-corrected chi connectivity index (χ1v) is 5.11. The topological polar surface area (TPSA) is 20.3 Å². The van der Waals surface area contributed by atoms with Gasteiger partial charge in [0, 0.05) is 12.7 Å². The quantitative estimate of drug-likeness (QED) is 0.748. The summed E-state index contributed by atoms with van der Waals surface area (Å²) in [7, 11) is 1.62. The van der Waals surface area contributed by atoms with Gasteiger partial charge in [0.1, 0.15) is 5.82 Å². The number of anilines is 1. The molecule has 0 saturated carbocycles. The van der Waals surface area contributed by atoms with E-state index in [1.807, 2.05) is 0 Å². The summed E-state index contributed by atoms with van der Waals surface area (Å²) in [6, 6.07) is 5.94. The van der Waals surface area contributed by atoms with E-state index in [9.17, 15) is 9.18 Å². The van der Waals surface area contributed by atoms with E-state index >= 15 is 0 Å². The monoisotopic (exact) mass is 259 g/mol. The maximum Gasteiger partial charge on any atom is 0.240 e. The number of amides is 1. The lowest BCUT2D eigenvalue weighted by atomic mass is 10.2. The molecule has 2 nitrogen and oxygen atoms in total. The van der Waals surface area contributed by atoms with Crippen LogP contribution in [-0.2, 0) is 4.79 Å². The third-order valence-corrected chi connectivity index (χ3v) is 2.26. The molecule has 1 aromatic rings. The Morgan fingerprint density at radius 3 is 2.71 bits per heavy atom. The van der Waals surface area contributed by atoms with E-state index in [-0.39, 0.29) is 16.6 Å². The summed E-state index contributed by atoms with van der Waals surface area (Å²) in [5.74, 6) is -0.444. The van der Waals surface area contributed by atoms with Gasteiger partial charge in [-0.2, -0.15) is 0 Å². The molecule has 0 fully saturated rings. The molecule has 1 rings (SSSR count). The lowest BCUT2D eigenvalue weighted by Gasteiger charge is -2.18. The molecular formula is C10H11BrFNO. The minimum Gasteiger partial charge on any atom is -0.314 e. The fourth-order valence-electron chi connectivity index (χ4n) is 1.08. The van der Waals surface area contributed by atoms with Crippen LogP contribution in [-0.4, -0.2) is 17.8 Å². The molecule has 0 N–H and O–H groups in total. The Bertz CT molecular complexity index is 341. The van der Waals surface area contributed by atoms with Crippen LogP contribution in [0, 0.1) is 5.82 Å². The maximum atomic E-state index is 12.8. The van der Waals surface area contributed by atoms with E-state index in [2.05, 4.69) is 15.9 Å². The summed E-state index contributed by atoms with van der Waals surface area (Å²) in [4.78, 5) is 12.7. The Hall–Kier alpha value is -0.900. The van der Waals surface area contributed by atoms with E-state index in [1.165, 1.54) is 17.0 Å². The zero-order valence-corrected chi connectivity index (χ0v) is 9.58. The van der Waals surface area contributed by atoms with Crippen molar-refractivity contribution < 1.29 is 9.18 Å². The number of carbonyl (C=O) groups is 1. The average molecular weight is 260 g/mol. The van der Waals surface area contributed by atoms with Crippen LogP contribution in [0.25, 0.3) is 0 Å². The molecule has 0 heterocycles. The van der Waals surface area contributed by atoms with Crippen molar-refractivity contribution in [3.05, 3.63) is 30.1 Å². The van der Waals surface area contributed by atoms with Crippen molar-refractivity contribution in [1.29, 1.82) is 0 Å². The molecule has 0 aromatic heterocycles. The Morgan fingerprint density at radius 1 is 1.57 bits per heavy atom. The number of benzene rings is 1. The SMILES string of the molecule is CC(Br)C(=O)N(C)c1cccc(F)c1. The number of rotatable bonds is 2. The molecule has 0 spiro atoms. The highest BCUT2D eigenvalue weighted by Gasteiger charge is 2.15. The summed E-state index contributed by atoms with van der Waals surface area (Å²) >= 11 is 3.17. The van der Waals surface area contributed by atoms with E-state index in [0.29, 0.717) is 5.69 Å². The van der Waals surface area contributed by atoms with Crippen LogP contribution in [0.1, 0.15) is 6.92 Å². The summed E-state index contributed by atoms with van der Waals surface area (Å²) in [6.07, 6.45) is 0. The van der Waals surface area contributed by atoms with Crippen molar-refractivity contribution in [2.75, 3.05) is 11.9 Å². The number of halogens is 2. The maximum absolute atomic E-state index is 12.8. The molecule has 0 saturated heterocycles.